The first kappa shape index (κ1) is 23.0. The fourth-order valence-electron chi connectivity index (χ4n) is 5.54. The average Bonchev–Trinajstić information content (AvgIpc) is 3.02. The zero-order chi connectivity index (χ0) is 26.0. The molecule has 0 unspecified atom stereocenters. The normalized spacial score (nSPS) is 11.1. The molecular formula is C38H27N. The maximum atomic E-state index is 2.40. The van der Waals surface area contributed by atoms with Gasteiger partial charge in [-0.05, 0) is 68.6 Å². The Bertz CT molecular complexity index is 1840. The Hall–Kier alpha value is -5.14. The predicted molar refractivity (Wildman–Crippen MR) is 167 cm³/mol. The van der Waals surface area contributed by atoms with Crippen LogP contribution in [0.1, 0.15) is 0 Å². The molecule has 0 N–H and O–H groups in total. The van der Waals surface area contributed by atoms with Gasteiger partial charge >= 0.3 is 0 Å². The summed E-state index contributed by atoms with van der Waals surface area (Å²) < 4.78 is 0. The first-order chi connectivity index (χ1) is 19.3. The van der Waals surface area contributed by atoms with Gasteiger partial charge in [0.05, 0.1) is 5.69 Å². The first-order valence-electron chi connectivity index (χ1n) is 13.4. The fourth-order valence-corrected chi connectivity index (χ4v) is 5.54. The van der Waals surface area contributed by atoms with E-state index in [9.17, 15) is 0 Å². The van der Waals surface area contributed by atoms with E-state index in [2.05, 4.69) is 169 Å². The minimum Gasteiger partial charge on any atom is -0.310 e. The van der Waals surface area contributed by atoms with Gasteiger partial charge in [-0.2, -0.15) is 0 Å². The van der Waals surface area contributed by atoms with E-state index in [4.69, 9.17) is 0 Å². The third-order valence-corrected chi connectivity index (χ3v) is 7.43. The number of benzene rings is 7. The Morgan fingerprint density at radius 1 is 0.308 bits per heavy atom. The highest BCUT2D eigenvalue weighted by Gasteiger charge is 2.19. The van der Waals surface area contributed by atoms with Gasteiger partial charge in [0.2, 0.25) is 0 Å². The second-order valence-electron chi connectivity index (χ2n) is 9.83. The Morgan fingerprint density at radius 3 is 1.38 bits per heavy atom. The molecule has 39 heavy (non-hydrogen) atoms. The molecule has 1 heteroatoms. The topological polar surface area (TPSA) is 3.24 Å². The molecule has 0 aromatic heterocycles. The third-order valence-electron chi connectivity index (χ3n) is 7.43. The van der Waals surface area contributed by atoms with Gasteiger partial charge in [-0.15, -0.1) is 0 Å². The number of rotatable bonds is 5. The van der Waals surface area contributed by atoms with Gasteiger partial charge in [0.15, 0.2) is 0 Å². The molecule has 7 aromatic carbocycles. The number of anilines is 3. The molecule has 0 heterocycles. The highest BCUT2D eigenvalue weighted by molar-refractivity contribution is 5.97. The summed E-state index contributed by atoms with van der Waals surface area (Å²) in [7, 11) is 0. The Morgan fingerprint density at radius 2 is 0.769 bits per heavy atom. The average molecular weight is 498 g/mol. The van der Waals surface area contributed by atoms with Crippen molar-refractivity contribution < 1.29 is 0 Å². The number of nitrogens with zero attached hydrogens (tertiary/aromatic N) is 1. The molecule has 0 radical (unpaired) electrons. The zero-order valence-electron chi connectivity index (χ0n) is 21.5. The van der Waals surface area contributed by atoms with Crippen LogP contribution < -0.4 is 4.90 Å². The Labute approximate surface area is 229 Å². The minimum atomic E-state index is 1.13. The fraction of sp³-hybridized carbons (Fsp3) is 0. The van der Waals surface area contributed by atoms with Crippen molar-refractivity contribution in [2.45, 2.75) is 0 Å². The number of para-hydroxylation sites is 1. The summed E-state index contributed by atoms with van der Waals surface area (Å²) in [6.45, 7) is 0. The highest BCUT2D eigenvalue weighted by Crippen LogP contribution is 2.44. The molecule has 7 aromatic rings. The highest BCUT2D eigenvalue weighted by atomic mass is 15.1. The molecule has 184 valence electrons. The molecule has 0 atom stereocenters. The van der Waals surface area contributed by atoms with Gasteiger partial charge in [-0.1, -0.05) is 133 Å². The van der Waals surface area contributed by atoms with Crippen LogP contribution in [-0.4, -0.2) is 0 Å². The van der Waals surface area contributed by atoms with E-state index >= 15 is 0 Å². The molecule has 0 aliphatic carbocycles. The maximum absolute atomic E-state index is 2.40. The van der Waals surface area contributed by atoms with Crippen molar-refractivity contribution in [3.05, 3.63) is 164 Å². The molecule has 0 aliphatic heterocycles. The van der Waals surface area contributed by atoms with Crippen LogP contribution in [0.3, 0.4) is 0 Å². The van der Waals surface area contributed by atoms with E-state index in [0.717, 1.165) is 17.1 Å². The van der Waals surface area contributed by atoms with E-state index < -0.39 is 0 Å². The van der Waals surface area contributed by atoms with E-state index in [1.807, 2.05) is 0 Å². The largest absolute Gasteiger partial charge is 0.310 e. The summed E-state index contributed by atoms with van der Waals surface area (Å²) in [6, 6.07) is 58.8. The van der Waals surface area contributed by atoms with Gasteiger partial charge in [-0.3, -0.25) is 0 Å². The molecule has 0 saturated carbocycles. The van der Waals surface area contributed by atoms with E-state index in [1.54, 1.807) is 0 Å². The second-order valence-corrected chi connectivity index (χ2v) is 9.83. The van der Waals surface area contributed by atoms with Crippen LogP contribution in [0.15, 0.2) is 164 Å². The second kappa shape index (κ2) is 9.96. The summed E-state index contributed by atoms with van der Waals surface area (Å²) >= 11 is 0. The molecular weight excluding hydrogens is 470 g/mol. The van der Waals surface area contributed by atoms with Crippen molar-refractivity contribution in [1.82, 2.24) is 0 Å². The lowest BCUT2D eigenvalue weighted by molar-refractivity contribution is 1.29. The van der Waals surface area contributed by atoms with Crippen molar-refractivity contribution in [2.75, 3.05) is 4.90 Å². The summed E-state index contributed by atoms with van der Waals surface area (Å²) in [5, 5.41) is 4.93. The van der Waals surface area contributed by atoms with Crippen molar-refractivity contribution in [3.63, 3.8) is 0 Å². The molecule has 0 aliphatic rings. The van der Waals surface area contributed by atoms with Crippen LogP contribution in [0.5, 0.6) is 0 Å². The summed E-state index contributed by atoms with van der Waals surface area (Å²) in [5.41, 5.74) is 8.26. The molecule has 0 fully saturated rings. The Balaban J connectivity index is 1.48. The standard InChI is InChI=1S/C38H27N/c1-2-14-30(15-3-1)35-18-8-9-19-36(35)37-20-10-11-21-38(37)39(33-24-22-28-12-4-6-16-31(28)26-33)34-25-23-29-13-5-7-17-32(29)27-34/h1-27H. The van der Waals surface area contributed by atoms with Crippen LogP contribution in [-0.2, 0) is 0 Å². The molecule has 0 saturated heterocycles. The SMILES string of the molecule is c1ccc(-c2ccccc2-c2ccccc2N(c2ccc3ccccc3c2)c2ccc3ccccc3c2)cc1. The smallest absolute Gasteiger partial charge is 0.0540 e. The van der Waals surface area contributed by atoms with Crippen molar-refractivity contribution >= 4 is 38.6 Å². The van der Waals surface area contributed by atoms with Crippen molar-refractivity contribution in [3.8, 4) is 22.3 Å². The van der Waals surface area contributed by atoms with Gasteiger partial charge in [0.25, 0.3) is 0 Å². The van der Waals surface area contributed by atoms with E-state index in [0.29, 0.717) is 0 Å². The minimum absolute atomic E-state index is 1.13. The summed E-state index contributed by atoms with van der Waals surface area (Å²) in [4.78, 5) is 2.40. The first-order valence-corrected chi connectivity index (χ1v) is 13.4. The monoisotopic (exact) mass is 497 g/mol. The molecule has 0 spiro atoms. The van der Waals surface area contributed by atoms with Crippen LogP contribution in [0.2, 0.25) is 0 Å². The Kier molecular flexibility index (Phi) is 5.88. The van der Waals surface area contributed by atoms with E-state index in [1.165, 1.54) is 43.8 Å². The predicted octanol–water partition coefficient (Wildman–Crippen LogP) is 10.8. The molecule has 1 nitrogen and oxygen atoms in total. The number of hydrogen-bond acceptors (Lipinski definition) is 1. The van der Waals surface area contributed by atoms with Crippen LogP contribution in [0.4, 0.5) is 17.1 Å². The lowest BCUT2D eigenvalue weighted by Gasteiger charge is -2.29. The number of fused-ring (bicyclic) bond motifs is 2. The third kappa shape index (κ3) is 4.35. The lowest BCUT2D eigenvalue weighted by Crippen LogP contribution is -2.11. The molecule has 7 rings (SSSR count). The van der Waals surface area contributed by atoms with Gasteiger partial charge < -0.3 is 4.90 Å². The molecule has 0 bridgehead atoms. The van der Waals surface area contributed by atoms with Gasteiger partial charge in [-0.25, -0.2) is 0 Å². The summed E-state index contributed by atoms with van der Waals surface area (Å²) in [5.74, 6) is 0. The zero-order valence-corrected chi connectivity index (χ0v) is 21.5. The van der Waals surface area contributed by atoms with Crippen LogP contribution in [0, 0.1) is 0 Å². The molecule has 0 amide bonds. The van der Waals surface area contributed by atoms with Crippen molar-refractivity contribution in [2.24, 2.45) is 0 Å². The summed E-state index contributed by atoms with van der Waals surface area (Å²) in [6.07, 6.45) is 0. The lowest BCUT2D eigenvalue weighted by atomic mass is 9.93. The van der Waals surface area contributed by atoms with Crippen molar-refractivity contribution in [1.29, 1.82) is 0 Å². The van der Waals surface area contributed by atoms with Gasteiger partial charge in [0.1, 0.15) is 0 Å². The van der Waals surface area contributed by atoms with Crippen LogP contribution >= 0.6 is 0 Å². The quantitative estimate of drug-likeness (QED) is 0.229. The van der Waals surface area contributed by atoms with Gasteiger partial charge in [0, 0.05) is 16.9 Å². The number of hydrogen-bond donors (Lipinski definition) is 0. The maximum Gasteiger partial charge on any atom is 0.0540 e. The van der Waals surface area contributed by atoms with Crippen LogP contribution in [0.25, 0.3) is 43.8 Å². The van der Waals surface area contributed by atoms with E-state index in [-0.39, 0.29) is 0 Å².